The smallest absolute Gasteiger partial charge is 0.339 e. The summed E-state index contributed by atoms with van der Waals surface area (Å²) in [5.41, 5.74) is 6.07. The molecule has 0 radical (unpaired) electrons. The molecule has 0 aromatic heterocycles. The SMILES string of the molecule is Cc1ccc(CSc2cc(C(=O)C=Cc3ccc(C(=O)O)c(O)c3)cc3c2C(C)(C)CCC3(C)C)cc1. The van der Waals surface area contributed by atoms with Gasteiger partial charge in [-0.1, -0.05) is 69.7 Å². The number of carboxylic acid groups (broad SMARTS) is 1. The summed E-state index contributed by atoms with van der Waals surface area (Å²) in [5, 5.41) is 19.1. The lowest BCUT2D eigenvalue weighted by molar-refractivity contribution is 0.0693. The molecule has 2 N–H and O–H groups in total. The topological polar surface area (TPSA) is 74.6 Å². The van der Waals surface area contributed by atoms with E-state index in [-0.39, 0.29) is 27.9 Å². The Morgan fingerprint density at radius 3 is 2.27 bits per heavy atom. The van der Waals surface area contributed by atoms with Gasteiger partial charge in [-0.2, -0.15) is 0 Å². The van der Waals surface area contributed by atoms with E-state index in [1.165, 1.54) is 40.5 Å². The monoisotopic (exact) mass is 514 g/mol. The molecule has 3 aromatic carbocycles. The molecule has 0 saturated heterocycles. The highest BCUT2D eigenvalue weighted by molar-refractivity contribution is 7.98. The first-order valence-electron chi connectivity index (χ1n) is 12.5. The maximum absolute atomic E-state index is 13.3. The number of benzene rings is 3. The molecular weight excluding hydrogens is 480 g/mol. The summed E-state index contributed by atoms with van der Waals surface area (Å²) >= 11 is 1.78. The Hall–Kier alpha value is -3.31. The second-order valence-corrected chi connectivity index (χ2v) is 12.2. The van der Waals surface area contributed by atoms with Crippen molar-refractivity contribution in [1.29, 1.82) is 0 Å². The van der Waals surface area contributed by atoms with Crippen molar-refractivity contribution in [3.63, 3.8) is 0 Å². The van der Waals surface area contributed by atoms with Gasteiger partial charge in [0.1, 0.15) is 11.3 Å². The van der Waals surface area contributed by atoms with E-state index in [1.54, 1.807) is 23.9 Å². The van der Waals surface area contributed by atoms with Gasteiger partial charge in [0, 0.05) is 16.2 Å². The number of carbonyl (C=O) groups excluding carboxylic acids is 1. The Morgan fingerprint density at radius 2 is 1.62 bits per heavy atom. The van der Waals surface area contributed by atoms with Crippen LogP contribution in [-0.4, -0.2) is 22.0 Å². The molecule has 0 bridgehead atoms. The average Bonchev–Trinajstić information content (AvgIpc) is 2.84. The lowest BCUT2D eigenvalue weighted by atomic mass is 9.63. The molecule has 1 aliphatic carbocycles. The summed E-state index contributed by atoms with van der Waals surface area (Å²) in [6, 6.07) is 16.9. The predicted molar refractivity (Wildman–Crippen MR) is 151 cm³/mol. The van der Waals surface area contributed by atoms with E-state index in [4.69, 9.17) is 5.11 Å². The average molecular weight is 515 g/mol. The number of aryl methyl sites for hydroxylation is 1. The van der Waals surface area contributed by atoms with E-state index in [0.29, 0.717) is 11.1 Å². The Morgan fingerprint density at radius 1 is 0.946 bits per heavy atom. The molecule has 0 amide bonds. The van der Waals surface area contributed by atoms with Crippen LogP contribution in [0.4, 0.5) is 0 Å². The van der Waals surface area contributed by atoms with Gasteiger partial charge in [-0.25, -0.2) is 4.79 Å². The third-order valence-corrected chi connectivity index (χ3v) is 8.47. The van der Waals surface area contributed by atoms with Crippen LogP contribution < -0.4 is 0 Å². The summed E-state index contributed by atoms with van der Waals surface area (Å²) in [4.78, 5) is 25.7. The number of aromatic hydroxyl groups is 1. The number of phenols is 1. The van der Waals surface area contributed by atoms with Crippen molar-refractivity contribution in [2.24, 2.45) is 0 Å². The number of ketones is 1. The Labute approximate surface area is 223 Å². The fourth-order valence-electron chi connectivity index (χ4n) is 4.93. The number of carbonyl (C=O) groups is 2. The fourth-order valence-corrected chi connectivity index (χ4v) is 6.19. The molecule has 37 heavy (non-hydrogen) atoms. The molecule has 4 rings (SSSR count). The first-order valence-corrected chi connectivity index (χ1v) is 13.5. The maximum Gasteiger partial charge on any atom is 0.339 e. The quantitative estimate of drug-likeness (QED) is 0.190. The minimum Gasteiger partial charge on any atom is -0.507 e. The second kappa shape index (κ2) is 10.2. The van der Waals surface area contributed by atoms with Crippen molar-refractivity contribution in [2.75, 3.05) is 0 Å². The third kappa shape index (κ3) is 5.83. The van der Waals surface area contributed by atoms with Crippen LogP contribution in [0.2, 0.25) is 0 Å². The van der Waals surface area contributed by atoms with Crippen LogP contribution in [0.1, 0.15) is 89.1 Å². The van der Waals surface area contributed by atoms with Gasteiger partial charge in [0.15, 0.2) is 5.78 Å². The molecule has 192 valence electrons. The van der Waals surface area contributed by atoms with E-state index in [0.717, 1.165) is 23.5 Å². The van der Waals surface area contributed by atoms with Crippen molar-refractivity contribution >= 4 is 29.6 Å². The minimum atomic E-state index is -1.20. The van der Waals surface area contributed by atoms with Gasteiger partial charge in [0.05, 0.1) is 0 Å². The summed E-state index contributed by atoms with van der Waals surface area (Å²) in [6.45, 7) is 11.2. The standard InChI is InChI=1S/C32H34O4S/c1-20-6-8-22(9-7-20)19-37-28-18-23(17-25-29(28)32(4,5)15-14-31(25,2)3)26(33)13-11-21-10-12-24(30(35)36)27(34)16-21/h6-13,16-18,34H,14-15,19H2,1-5H3,(H,35,36). The largest absolute Gasteiger partial charge is 0.507 e. The van der Waals surface area contributed by atoms with Crippen LogP contribution in [0.25, 0.3) is 6.08 Å². The number of fused-ring (bicyclic) bond motifs is 1. The zero-order chi connectivity index (χ0) is 27.0. The van der Waals surface area contributed by atoms with Crippen molar-refractivity contribution in [3.05, 3.63) is 99.6 Å². The van der Waals surface area contributed by atoms with Crippen molar-refractivity contribution in [3.8, 4) is 5.75 Å². The second-order valence-electron chi connectivity index (χ2n) is 11.2. The molecule has 1 aliphatic rings. The minimum absolute atomic E-state index is 0.0152. The maximum atomic E-state index is 13.3. The van der Waals surface area contributed by atoms with Crippen LogP contribution in [0.15, 0.2) is 65.6 Å². The van der Waals surface area contributed by atoms with Crippen molar-refractivity contribution < 1.29 is 19.8 Å². The van der Waals surface area contributed by atoms with Crippen molar-refractivity contribution in [2.45, 2.75) is 68.9 Å². The zero-order valence-electron chi connectivity index (χ0n) is 22.1. The molecular formula is C32H34O4S. The van der Waals surface area contributed by atoms with E-state index in [2.05, 4.69) is 65.0 Å². The Bertz CT molecular complexity index is 1380. The van der Waals surface area contributed by atoms with Crippen LogP contribution in [0, 0.1) is 6.92 Å². The molecule has 4 nitrogen and oxygen atoms in total. The number of allylic oxidation sites excluding steroid dienone is 1. The van der Waals surface area contributed by atoms with E-state index in [9.17, 15) is 14.7 Å². The van der Waals surface area contributed by atoms with Gasteiger partial charge < -0.3 is 10.2 Å². The molecule has 0 atom stereocenters. The van der Waals surface area contributed by atoms with Gasteiger partial charge >= 0.3 is 5.97 Å². The molecule has 3 aromatic rings. The first kappa shape index (κ1) is 26.7. The van der Waals surface area contributed by atoms with E-state index < -0.39 is 5.97 Å². The molecule has 0 aliphatic heterocycles. The summed E-state index contributed by atoms with van der Waals surface area (Å²) < 4.78 is 0. The lowest BCUT2D eigenvalue weighted by Crippen LogP contribution is -2.34. The molecule has 0 saturated carbocycles. The number of carboxylic acids is 1. The van der Waals surface area contributed by atoms with Gasteiger partial charge in [-0.15, -0.1) is 11.8 Å². The number of aromatic carboxylic acids is 1. The fraction of sp³-hybridized carbons (Fsp3) is 0.312. The predicted octanol–water partition coefficient (Wildman–Crippen LogP) is 7.94. The highest BCUT2D eigenvalue weighted by atomic mass is 32.2. The van der Waals surface area contributed by atoms with Crippen molar-refractivity contribution in [1.82, 2.24) is 0 Å². The summed E-state index contributed by atoms with van der Waals surface area (Å²) in [6.07, 6.45) is 5.25. The lowest BCUT2D eigenvalue weighted by Gasteiger charge is -2.43. The molecule has 0 heterocycles. The Kier molecular flexibility index (Phi) is 7.38. The molecule has 0 fully saturated rings. The van der Waals surface area contributed by atoms with E-state index >= 15 is 0 Å². The third-order valence-electron chi connectivity index (χ3n) is 7.36. The Balaban J connectivity index is 1.71. The number of rotatable bonds is 7. The van der Waals surface area contributed by atoms with Gasteiger partial charge in [0.25, 0.3) is 0 Å². The number of thioether (sulfide) groups is 1. The molecule has 5 heteroatoms. The molecule has 0 unspecified atom stereocenters. The van der Waals surface area contributed by atoms with Crippen LogP contribution in [0.5, 0.6) is 5.75 Å². The van der Waals surface area contributed by atoms with Crippen LogP contribution >= 0.6 is 11.8 Å². The number of hydrogen-bond acceptors (Lipinski definition) is 4. The first-order chi connectivity index (χ1) is 17.4. The highest BCUT2D eigenvalue weighted by Gasteiger charge is 2.39. The molecule has 0 spiro atoms. The highest BCUT2D eigenvalue weighted by Crippen LogP contribution is 2.50. The zero-order valence-corrected chi connectivity index (χ0v) is 22.9. The van der Waals surface area contributed by atoms with Crippen LogP contribution in [0.3, 0.4) is 0 Å². The number of hydrogen-bond donors (Lipinski definition) is 2. The normalized spacial score (nSPS) is 15.9. The van der Waals surface area contributed by atoms with Gasteiger partial charge in [-0.05, 0) is 83.2 Å². The van der Waals surface area contributed by atoms with Crippen LogP contribution in [-0.2, 0) is 16.6 Å². The summed E-state index contributed by atoms with van der Waals surface area (Å²) in [5.74, 6) is -0.818. The van der Waals surface area contributed by atoms with E-state index in [1.807, 2.05) is 6.07 Å². The van der Waals surface area contributed by atoms with Gasteiger partial charge in [0.2, 0.25) is 0 Å². The van der Waals surface area contributed by atoms with Gasteiger partial charge in [-0.3, -0.25) is 4.79 Å². The summed E-state index contributed by atoms with van der Waals surface area (Å²) in [7, 11) is 0.